The van der Waals surface area contributed by atoms with Crippen LogP contribution in [0.25, 0.3) is 0 Å². The molecule has 2 N–H and O–H groups in total. The van der Waals surface area contributed by atoms with Crippen LogP contribution in [-0.2, 0) is 6.42 Å². The van der Waals surface area contributed by atoms with Crippen molar-refractivity contribution in [2.45, 2.75) is 45.1 Å². The summed E-state index contributed by atoms with van der Waals surface area (Å²) in [6.45, 7) is 3.61. The third kappa shape index (κ3) is 3.14. The molecule has 0 radical (unpaired) electrons. The summed E-state index contributed by atoms with van der Waals surface area (Å²) >= 11 is 0. The standard InChI is InChI=1S/C15H20N2O3.ClH/c1-9-13-11(18)5-2-6-12(13)20-14(9)15(19)17-10-4-3-7-16-8-10;/h10,16H,2-8H2,1H3,(H,17,19);1H/t10-;/m0./s1. The number of hydrogen-bond donors (Lipinski definition) is 2. The summed E-state index contributed by atoms with van der Waals surface area (Å²) in [5, 5.41) is 6.26. The van der Waals surface area contributed by atoms with E-state index in [2.05, 4.69) is 10.6 Å². The van der Waals surface area contributed by atoms with Gasteiger partial charge in [0.15, 0.2) is 11.5 Å². The van der Waals surface area contributed by atoms with Gasteiger partial charge < -0.3 is 15.1 Å². The quantitative estimate of drug-likeness (QED) is 0.876. The molecule has 0 spiro atoms. The number of halogens is 1. The van der Waals surface area contributed by atoms with Crippen LogP contribution in [0.1, 0.15) is 57.9 Å². The summed E-state index contributed by atoms with van der Waals surface area (Å²) < 4.78 is 5.66. The molecule has 6 heteroatoms. The molecule has 5 nitrogen and oxygen atoms in total. The van der Waals surface area contributed by atoms with Gasteiger partial charge in [0, 0.05) is 31.0 Å². The maximum absolute atomic E-state index is 12.3. The highest BCUT2D eigenvalue weighted by molar-refractivity contribution is 6.03. The second-order valence-corrected chi connectivity index (χ2v) is 5.65. The topological polar surface area (TPSA) is 71.3 Å². The summed E-state index contributed by atoms with van der Waals surface area (Å²) in [7, 11) is 0. The van der Waals surface area contributed by atoms with Crippen LogP contribution in [0, 0.1) is 6.92 Å². The van der Waals surface area contributed by atoms with E-state index in [0.717, 1.165) is 38.8 Å². The zero-order valence-electron chi connectivity index (χ0n) is 12.2. The minimum Gasteiger partial charge on any atom is -0.455 e. The van der Waals surface area contributed by atoms with E-state index in [9.17, 15) is 9.59 Å². The molecule has 2 aliphatic rings. The maximum Gasteiger partial charge on any atom is 0.287 e. The van der Waals surface area contributed by atoms with Crippen molar-refractivity contribution in [2.24, 2.45) is 0 Å². The summed E-state index contributed by atoms with van der Waals surface area (Å²) in [6.07, 6.45) is 4.17. The van der Waals surface area contributed by atoms with Crippen LogP contribution in [0.2, 0.25) is 0 Å². The fourth-order valence-corrected chi connectivity index (χ4v) is 3.09. The smallest absolute Gasteiger partial charge is 0.287 e. The van der Waals surface area contributed by atoms with Gasteiger partial charge in [-0.3, -0.25) is 9.59 Å². The first-order valence-electron chi connectivity index (χ1n) is 7.34. The second-order valence-electron chi connectivity index (χ2n) is 5.65. The van der Waals surface area contributed by atoms with Crippen molar-refractivity contribution < 1.29 is 14.0 Å². The fraction of sp³-hybridized carbons (Fsp3) is 0.600. The van der Waals surface area contributed by atoms with E-state index in [1.54, 1.807) is 6.92 Å². The normalized spacial score (nSPS) is 21.4. The molecule has 1 aliphatic heterocycles. The lowest BCUT2D eigenvalue weighted by Crippen LogP contribution is -2.45. The van der Waals surface area contributed by atoms with Crippen LogP contribution in [0.3, 0.4) is 0 Å². The maximum atomic E-state index is 12.3. The number of aryl methyl sites for hydroxylation is 1. The van der Waals surface area contributed by atoms with E-state index < -0.39 is 0 Å². The van der Waals surface area contributed by atoms with Gasteiger partial charge in [-0.05, 0) is 32.7 Å². The zero-order chi connectivity index (χ0) is 14.1. The first-order chi connectivity index (χ1) is 9.66. The average molecular weight is 313 g/mol. The number of ketones is 1. The van der Waals surface area contributed by atoms with Gasteiger partial charge in [0.1, 0.15) is 5.76 Å². The largest absolute Gasteiger partial charge is 0.455 e. The minimum atomic E-state index is -0.196. The number of carbonyl (C=O) groups is 2. The van der Waals surface area contributed by atoms with Crippen LogP contribution in [0.4, 0.5) is 0 Å². The second kappa shape index (κ2) is 6.62. The molecule has 1 atom stereocenters. The molecule has 21 heavy (non-hydrogen) atoms. The van der Waals surface area contributed by atoms with E-state index in [4.69, 9.17) is 4.42 Å². The predicted octanol–water partition coefficient (Wildman–Crippen LogP) is 2.01. The molecule has 3 rings (SSSR count). The number of rotatable bonds is 2. The van der Waals surface area contributed by atoms with E-state index in [0.29, 0.717) is 29.1 Å². The van der Waals surface area contributed by atoms with Crippen molar-refractivity contribution in [1.29, 1.82) is 0 Å². The molecule has 0 aromatic carbocycles. The molecule has 1 saturated heterocycles. The molecule has 1 aromatic heterocycles. The van der Waals surface area contributed by atoms with Gasteiger partial charge in [-0.15, -0.1) is 12.4 Å². The lowest BCUT2D eigenvalue weighted by Gasteiger charge is -2.23. The summed E-state index contributed by atoms with van der Waals surface area (Å²) in [5.41, 5.74) is 1.34. The Morgan fingerprint density at radius 3 is 2.81 bits per heavy atom. The Labute approximate surface area is 130 Å². The average Bonchev–Trinajstić information content (AvgIpc) is 2.79. The van der Waals surface area contributed by atoms with Gasteiger partial charge >= 0.3 is 0 Å². The van der Waals surface area contributed by atoms with E-state index in [1.807, 2.05) is 0 Å². The first kappa shape index (κ1) is 16.0. The van der Waals surface area contributed by atoms with Crippen molar-refractivity contribution >= 4 is 24.1 Å². The Balaban J connectivity index is 0.00000161. The van der Waals surface area contributed by atoms with Crippen LogP contribution >= 0.6 is 12.4 Å². The summed E-state index contributed by atoms with van der Waals surface area (Å²) in [4.78, 5) is 24.2. The Hall–Kier alpha value is -1.33. The van der Waals surface area contributed by atoms with E-state index >= 15 is 0 Å². The molecule has 1 aromatic rings. The first-order valence-corrected chi connectivity index (χ1v) is 7.34. The number of carbonyl (C=O) groups excluding carboxylic acids is 2. The van der Waals surface area contributed by atoms with Gasteiger partial charge in [-0.25, -0.2) is 0 Å². The highest BCUT2D eigenvalue weighted by Crippen LogP contribution is 2.29. The van der Waals surface area contributed by atoms with E-state index in [-0.39, 0.29) is 30.1 Å². The molecule has 0 unspecified atom stereocenters. The lowest BCUT2D eigenvalue weighted by atomic mass is 9.94. The zero-order valence-corrected chi connectivity index (χ0v) is 13.0. The van der Waals surface area contributed by atoms with E-state index in [1.165, 1.54) is 0 Å². The van der Waals surface area contributed by atoms with Crippen LogP contribution < -0.4 is 10.6 Å². The van der Waals surface area contributed by atoms with Crippen LogP contribution in [0.5, 0.6) is 0 Å². The molecule has 1 aliphatic carbocycles. The molecule has 1 amide bonds. The monoisotopic (exact) mass is 312 g/mol. The van der Waals surface area contributed by atoms with Gasteiger partial charge in [0.25, 0.3) is 5.91 Å². The SMILES string of the molecule is Cc1c(C(=O)N[C@H]2CCCNC2)oc2c1C(=O)CCC2.Cl. The summed E-state index contributed by atoms with van der Waals surface area (Å²) in [6, 6.07) is 0.147. The molecular formula is C15H21ClN2O3. The van der Waals surface area contributed by atoms with Crippen molar-refractivity contribution in [1.82, 2.24) is 10.6 Å². The van der Waals surface area contributed by atoms with Gasteiger partial charge in [-0.1, -0.05) is 0 Å². The number of hydrogen-bond acceptors (Lipinski definition) is 4. The molecule has 2 heterocycles. The van der Waals surface area contributed by atoms with Gasteiger partial charge in [-0.2, -0.15) is 0 Å². The molecule has 1 fully saturated rings. The molecule has 0 bridgehead atoms. The molecule has 0 saturated carbocycles. The highest BCUT2D eigenvalue weighted by atomic mass is 35.5. The molecular weight excluding hydrogens is 292 g/mol. The highest BCUT2D eigenvalue weighted by Gasteiger charge is 2.29. The van der Waals surface area contributed by atoms with Crippen molar-refractivity contribution in [3.8, 4) is 0 Å². The number of furan rings is 1. The third-order valence-corrected chi connectivity index (χ3v) is 4.14. The number of amides is 1. The molecule has 116 valence electrons. The van der Waals surface area contributed by atoms with Gasteiger partial charge in [0.2, 0.25) is 0 Å². The summed E-state index contributed by atoms with van der Waals surface area (Å²) in [5.74, 6) is 0.908. The Bertz CT molecular complexity index is 547. The van der Waals surface area contributed by atoms with Gasteiger partial charge in [0.05, 0.1) is 5.56 Å². The lowest BCUT2D eigenvalue weighted by molar-refractivity contribution is 0.0897. The Kier molecular flexibility index (Phi) is 5.06. The minimum absolute atomic E-state index is 0. The Morgan fingerprint density at radius 2 is 2.14 bits per heavy atom. The number of Topliss-reactive ketones (excluding diaryl/α,β-unsaturated/α-hetero) is 1. The number of fused-ring (bicyclic) bond motifs is 1. The third-order valence-electron chi connectivity index (χ3n) is 4.14. The van der Waals surface area contributed by atoms with Crippen LogP contribution in [0.15, 0.2) is 4.42 Å². The Morgan fingerprint density at radius 1 is 1.33 bits per heavy atom. The van der Waals surface area contributed by atoms with Crippen molar-refractivity contribution in [3.05, 3.63) is 22.6 Å². The predicted molar refractivity (Wildman–Crippen MR) is 81.3 cm³/mol. The van der Waals surface area contributed by atoms with Crippen molar-refractivity contribution in [2.75, 3.05) is 13.1 Å². The number of nitrogens with one attached hydrogen (secondary N) is 2. The number of piperidine rings is 1. The van der Waals surface area contributed by atoms with Crippen LogP contribution in [-0.4, -0.2) is 30.8 Å². The fourth-order valence-electron chi connectivity index (χ4n) is 3.09. The van der Waals surface area contributed by atoms with Crippen molar-refractivity contribution in [3.63, 3.8) is 0 Å².